The van der Waals surface area contributed by atoms with Crippen molar-refractivity contribution in [3.8, 4) is 17.3 Å². The third-order valence-corrected chi connectivity index (χ3v) is 3.90. The van der Waals surface area contributed by atoms with Gasteiger partial charge in [-0.05, 0) is 12.1 Å². The fourth-order valence-electron chi connectivity index (χ4n) is 2.55. The van der Waals surface area contributed by atoms with Gasteiger partial charge in [0.15, 0.2) is 0 Å². The maximum atomic E-state index is 14.1. The smallest absolute Gasteiger partial charge is 0.338 e. The Balaban J connectivity index is 1.95. The number of hydrazone groups is 1. The van der Waals surface area contributed by atoms with Gasteiger partial charge in [0.2, 0.25) is 5.95 Å². The van der Waals surface area contributed by atoms with Crippen molar-refractivity contribution in [2.75, 3.05) is 12.5 Å². The Hall–Kier alpha value is -4.32. The van der Waals surface area contributed by atoms with Crippen LogP contribution >= 0.6 is 0 Å². The Labute approximate surface area is 164 Å². The van der Waals surface area contributed by atoms with Crippen LogP contribution in [-0.2, 0) is 4.74 Å². The largest absolute Gasteiger partial charge is 0.465 e. The third-order valence-electron chi connectivity index (χ3n) is 3.90. The average molecular weight is 391 g/mol. The Morgan fingerprint density at radius 1 is 1.28 bits per heavy atom. The van der Waals surface area contributed by atoms with Crippen molar-refractivity contribution in [1.82, 2.24) is 9.97 Å². The number of nitrogens with one attached hydrogen (secondary N) is 2. The third kappa shape index (κ3) is 4.17. The summed E-state index contributed by atoms with van der Waals surface area (Å²) in [6.45, 7) is 0. The second kappa shape index (κ2) is 8.58. The number of rotatable bonds is 5. The van der Waals surface area contributed by atoms with E-state index in [4.69, 9.17) is 0 Å². The van der Waals surface area contributed by atoms with Gasteiger partial charge in [-0.2, -0.15) is 10.4 Å². The summed E-state index contributed by atoms with van der Waals surface area (Å²) in [4.78, 5) is 30.6. The van der Waals surface area contributed by atoms with E-state index in [-0.39, 0.29) is 28.3 Å². The zero-order chi connectivity index (χ0) is 20.8. The molecule has 3 aromatic rings. The molecule has 0 bridgehead atoms. The summed E-state index contributed by atoms with van der Waals surface area (Å²) in [5.41, 5.74) is 2.33. The molecule has 0 saturated heterocycles. The van der Waals surface area contributed by atoms with E-state index in [0.717, 1.165) is 6.21 Å². The zero-order valence-electron chi connectivity index (χ0n) is 15.1. The van der Waals surface area contributed by atoms with Gasteiger partial charge in [-0.25, -0.2) is 19.6 Å². The highest BCUT2D eigenvalue weighted by molar-refractivity contribution is 5.99. The predicted molar refractivity (Wildman–Crippen MR) is 104 cm³/mol. The van der Waals surface area contributed by atoms with E-state index in [9.17, 15) is 19.2 Å². The first-order chi connectivity index (χ1) is 14.0. The van der Waals surface area contributed by atoms with Crippen LogP contribution in [0.25, 0.3) is 11.3 Å². The predicted octanol–water partition coefficient (Wildman–Crippen LogP) is 2.68. The Morgan fingerprint density at radius 3 is 2.72 bits per heavy atom. The highest BCUT2D eigenvalue weighted by Gasteiger charge is 2.15. The number of hydrogen-bond acceptors (Lipinski definition) is 7. The topological polar surface area (TPSA) is 120 Å². The minimum atomic E-state index is -0.720. The fraction of sp³-hybridized carbons (Fsp3) is 0.0500. The number of nitriles is 1. The molecule has 2 aromatic carbocycles. The molecule has 3 rings (SSSR count). The molecule has 2 N–H and O–H groups in total. The van der Waals surface area contributed by atoms with Gasteiger partial charge in [-0.3, -0.25) is 9.78 Å². The van der Waals surface area contributed by atoms with Crippen molar-refractivity contribution in [2.45, 2.75) is 0 Å². The lowest BCUT2D eigenvalue weighted by atomic mass is 10.1. The van der Waals surface area contributed by atoms with Gasteiger partial charge in [-0.1, -0.05) is 36.4 Å². The molecule has 0 radical (unpaired) electrons. The van der Waals surface area contributed by atoms with E-state index >= 15 is 0 Å². The van der Waals surface area contributed by atoms with E-state index in [1.165, 1.54) is 25.3 Å². The van der Waals surface area contributed by atoms with Crippen molar-refractivity contribution < 1.29 is 13.9 Å². The van der Waals surface area contributed by atoms with Crippen molar-refractivity contribution in [3.63, 3.8) is 0 Å². The van der Waals surface area contributed by atoms with E-state index < -0.39 is 17.3 Å². The normalized spacial score (nSPS) is 10.5. The molecule has 0 spiro atoms. The van der Waals surface area contributed by atoms with E-state index in [2.05, 4.69) is 25.2 Å². The number of H-pyrrole nitrogens is 1. The van der Waals surface area contributed by atoms with Crippen molar-refractivity contribution >= 4 is 18.1 Å². The summed E-state index contributed by atoms with van der Waals surface area (Å²) in [6, 6.07) is 14.5. The standard InChI is InChI=1S/C20H14FN5O3/c1-29-19(28)13-8-5-9-16(21)15(13)11-23-26-20-24-17(12-6-3-2-4-7-12)14(10-22)18(27)25-20/h2-9,11H,1H3,(H2,24,25,26,27). The highest BCUT2D eigenvalue weighted by Crippen LogP contribution is 2.19. The monoisotopic (exact) mass is 391 g/mol. The summed E-state index contributed by atoms with van der Waals surface area (Å²) in [6.07, 6.45) is 1.07. The molecule has 1 aromatic heterocycles. The molecule has 29 heavy (non-hydrogen) atoms. The lowest BCUT2D eigenvalue weighted by Gasteiger charge is -2.07. The first-order valence-electron chi connectivity index (χ1n) is 8.31. The molecule has 1 heterocycles. The molecule has 0 aliphatic carbocycles. The van der Waals surface area contributed by atoms with Crippen molar-refractivity contribution in [3.05, 3.63) is 81.4 Å². The molecule has 0 aliphatic heterocycles. The molecule has 0 unspecified atom stereocenters. The van der Waals surface area contributed by atoms with E-state index in [1.807, 2.05) is 6.07 Å². The Morgan fingerprint density at radius 2 is 2.03 bits per heavy atom. The zero-order valence-corrected chi connectivity index (χ0v) is 15.1. The first-order valence-corrected chi connectivity index (χ1v) is 8.31. The Bertz CT molecular complexity index is 1180. The van der Waals surface area contributed by atoms with Crippen LogP contribution in [0.3, 0.4) is 0 Å². The second-order valence-corrected chi connectivity index (χ2v) is 5.68. The second-order valence-electron chi connectivity index (χ2n) is 5.68. The number of ether oxygens (including phenoxy) is 1. The number of methoxy groups -OCH3 is 1. The number of esters is 1. The van der Waals surface area contributed by atoms with Gasteiger partial charge in [0.05, 0.1) is 24.6 Å². The number of nitrogens with zero attached hydrogens (tertiary/aromatic N) is 3. The first kappa shape index (κ1) is 19.4. The van der Waals surface area contributed by atoms with E-state index in [0.29, 0.717) is 5.56 Å². The van der Waals surface area contributed by atoms with Crippen LogP contribution < -0.4 is 11.0 Å². The molecule has 8 nitrogen and oxygen atoms in total. The quantitative estimate of drug-likeness (QED) is 0.392. The van der Waals surface area contributed by atoms with Crippen LogP contribution in [0.1, 0.15) is 21.5 Å². The number of anilines is 1. The summed E-state index contributed by atoms with van der Waals surface area (Å²) in [5, 5.41) is 13.1. The number of aromatic amines is 1. The van der Waals surface area contributed by atoms with Crippen LogP contribution in [0.15, 0.2) is 58.4 Å². The maximum absolute atomic E-state index is 14.1. The number of carbonyl (C=O) groups is 1. The van der Waals surface area contributed by atoms with Crippen LogP contribution in [0.5, 0.6) is 0 Å². The van der Waals surface area contributed by atoms with Crippen LogP contribution in [0.4, 0.5) is 10.3 Å². The molecule has 144 valence electrons. The fourth-order valence-corrected chi connectivity index (χ4v) is 2.55. The number of aromatic nitrogens is 2. The van der Waals surface area contributed by atoms with Gasteiger partial charge in [0, 0.05) is 11.1 Å². The SMILES string of the molecule is COC(=O)c1cccc(F)c1C=NNc1nc(-c2ccccc2)c(C#N)c(=O)[nH]1. The molecular formula is C20H14FN5O3. The summed E-state index contributed by atoms with van der Waals surface area (Å²) >= 11 is 0. The molecule has 0 amide bonds. The van der Waals surface area contributed by atoms with E-state index in [1.54, 1.807) is 30.3 Å². The van der Waals surface area contributed by atoms with Crippen molar-refractivity contribution in [2.24, 2.45) is 5.10 Å². The maximum Gasteiger partial charge on any atom is 0.338 e. The molecule has 0 fully saturated rings. The van der Waals surface area contributed by atoms with Gasteiger partial charge >= 0.3 is 5.97 Å². The van der Waals surface area contributed by atoms with Gasteiger partial charge in [0.25, 0.3) is 5.56 Å². The average Bonchev–Trinajstić information content (AvgIpc) is 2.74. The van der Waals surface area contributed by atoms with Crippen LogP contribution in [0, 0.1) is 17.1 Å². The van der Waals surface area contributed by atoms with Gasteiger partial charge in [-0.15, -0.1) is 0 Å². The summed E-state index contributed by atoms with van der Waals surface area (Å²) in [7, 11) is 1.18. The minimum absolute atomic E-state index is 0.00990. The van der Waals surface area contributed by atoms with Gasteiger partial charge in [0.1, 0.15) is 17.4 Å². The van der Waals surface area contributed by atoms with Crippen molar-refractivity contribution in [1.29, 1.82) is 5.26 Å². The number of halogens is 1. The lowest BCUT2D eigenvalue weighted by Crippen LogP contribution is -2.16. The molecule has 9 heteroatoms. The van der Waals surface area contributed by atoms with Crippen LogP contribution in [0.2, 0.25) is 0 Å². The van der Waals surface area contributed by atoms with Crippen LogP contribution in [-0.4, -0.2) is 29.3 Å². The molecule has 0 saturated carbocycles. The summed E-state index contributed by atoms with van der Waals surface area (Å²) in [5.74, 6) is -1.45. The number of benzene rings is 2. The number of carbonyl (C=O) groups excluding carboxylic acids is 1. The summed E-state index contributed by atoms with van der Waals surface area (Å²) < 4.78 is 18.7. The lowest BCUT2D eigenvalue weighted by molar-refractivity contribution is 0.0600. The van der Waals surface area contributed by atoms with Gasteiger partial charge < -0.3 is 4.74 Å². The molecular weight excluding hydrogens is 377 g/mol. The molecule has 0 aliphatic rings. The minimum Gasteiger partial charge on any atom is -0.465 e. The Kier molecular flexibility index (Phi) is 5.75. The molecule has 0 atom stereocenters. The number of hydrogen-bond donors (Lipinski definition) is 2. The highest BCUT2D eigenvalue weighted by atomic mass is 19.1.